The Morgan fingerprint density at radius 1 is 0.760 bits per heavy atom. The van der Waals surface area contributed by atoms with Gasteiger partial charge in [-0.1, -0.05) is 122 Å². The van der Waals surface area contributed by atoms with Crippen LogP contribution >= 0.6 is 0 Å². The van der Waals surface area contributed by atoms with Crippen molar-refractivity contribution in [3.63, 3.8) is 0 Å². The highest BCUT2D eigenvalue weighted by atomic mass is 32.3. The van der Waals surface area contributed by atoms with Crippen LogP contribution < -0.4 is 0 Å². The molecule has 1 heterocycles. The number of unbranched alkanes of at least 4 members (excludes halogenated alkanes) is 15. The molecule has 0 saturated carbocycles. The number of esters is 1. The number of rotatable bonds is 32. The fraction of sp³-hybridized carbons (Fsp3) is 0.865. The first kappa shape index (κ1) is 46.6. The van der Waals surface area contributed by atoms with Gasteiger partial charge in [-0.3, -0.25) is 9.35 Å². The smallest absolute Gasteiger partial charge is 0.397 e. The zero-order valence-corrected chi connectivity index (χ0v) is 31.5. The van der Waals surface area contributed by atoms with E-state index in [2.05, 4.69) is 42.3 Å². The molecule has 12 nitrogen and oxygen atoms in total. The number of allylic oxidation sites excluding steroid dienone is 4. The van der Waals surface area contributed by atoms with Crippen molar-refractivity contribution >= 4 is 16.4 Å². The molecule has 0 aromatic rings. The highest BCUT2D eigenvalue weighted by Gasteiger charge is 2.48. The summed E-state index contributed by atoms with van der Waals surface area (Å²) in [5.41, 5.74) is 0. The molecule has 1 saturated heterocycles. The van der Waals surface area contributed by atoms with Crippen molar-refractivity contribution in [1.29, 1.82) is 0 Å². The van der Waals surface area contributed by atoms with Gasteiger partial charge in [-0.2, -0.15) is 8.42 Å². The van der Waals surface area contributed by atoms with Gasteiger partial charge in [0.1, 0.15) is 30.5 Å². The van der Waals surface area contributed by atoms with Crippen molar-refractivity contribution in [1.82, 2.24) is 0 Å². The minimum absolute atomic E-state index is 0.0310. The van der Waals surface area contributed by atoms with Crippen LogP contribution in [0.5, 0.6) is 0 Å². The molecular weight excluding hydrogens is 668 g/mol. The third-order valence-electron chi connectivity index (χ3n) is 8.56. The standard InChI is InChI=1S/C37H68O12S/c1-3-5-7-9-11-13-14-15-16-17-19-21-23-25-27-45-29-31(47-33(39)26-24-22-20-18-12-10-8-6-4-2)30-46-37-35(41)36(49-50(42,43)44)34(40)32(28-38)48-37/h7,9,13-14,31-32,34-38,40-41H,3-6,8,10-12,15-30H2,1-2H3,(H,42,43,44)/b9-7-,14-13-. The van der Waals surface area contributed by atoms with Crippen molar-refractivity contribution in [2.24, 2.45) is 0 Å². The number of ether oxygens (including phenoxy) is 4. The Hall–Kier alpha value is -1.42. The van der Waals surface area contributed by atoms with Crippen LogP contribution in [0.1, 0.15) is 142 Å². The third kappa shape index (κ3) is 23.9. The molecule has 1 fully saturated rings. The van der Waals surface area contributed by atoms with E-state index in [1.54, 1.807) is 0 Å². The van der Waals surface area contributed by atoms with Gasteiger partial charge in [-0.15, -0.1) is 0 Å². The summed E-state index contributed by atoms with van der Waals surface area (Å²) in [4.78, 5) is 12.7. The van der Waals surface area contributed by atoms with E-state index in [-0.39, 0.29) is 19.6 Å². The van der Waals surface area contributed by atoms with Gasteiger partial charge in [0, 0.05) is 13.0 Å². The molecule has 0 radical (unpaired) electrons. The summed E-state index contributed by atoms with van der Waals surface area (Å²) in [6.07, 6.45) is 20.9. The molecule has 4 N–H and O–H groups in total. The Kier molecular flexibility index (Phi) is 28.0. The maximum Gasteiger partial charge on any atom is 0.397 e. The van der Waals surface area contributed by atoms with Crippen LogP contribution in [0.15, 0.2) is 24.3 Å². The highest BCUT2D eigenvalue weighted by molar-refractivity contribution is 7.80. The Morgan fingerprint density at radius 3 is 1.98 bits per heavy atom. The fourth-order valence-electron chi connectivity index (χ4n) is 5.65. The van der Waals surface area contributed by atoms with Gasteiger partial charge in [-0.05, 0) is 38.5 Å². The summed E-state index contributed by atoms with van der Waals surface area (Å²) < 4.78 is 58.7. The van der Waals surface area contributed by atoms with Gasteiger partial charge < -0.3 is 34.3 Å². The number of aliphatic hydroxyl groups excluding tert-OH is 3. The van der Waals surface area contributed by atoms with Gasteiger partial charge in [0.15, 0.2) is 6.29 Å². The second kappa shape index (κ2) is 30.1. The Morgan fingerprint density at radius 2 is 1.36 bits per heavy atom. The third-order valence-corrected chi connectivity index (χ3v) is 9.02. The predicted molar refractivity (Wildman–Crippen MR) is 193 cm³/mol. The normalized spacial score (nSPS) is 22.1. The second-order valence-corrected chi connectivity index (χ2v) is 14.2. The first-order valence-corrected chi connectivity index (χ1v) is 20.5. The van der Waals surface area contributed by atoms with E-state index in [1.807, 2.05) is 0 Å². The average molecular weight is 737 g/mol. The summed E-state index contributed by atoms with van der Waals surface area (Å²) in [5.74, 6) is -0.408. The molecule has 6 atom stereocenters. The van der Waals surface area contributed by atoms with Gasteiger partial charge in [-0.25, -0.2) is 4.18 Å². The van der Waals surface area contributed by atoms with Gasteiger partial charge in [0.2, 0.25) is 0 Å². The van der Waals surface area contributed by atoms with Crippen LogP contribution in [-0.4, -0.2) is 97.5 Å². The van der Waals surface area contributed by atoms with E-state index in [4.69, 9.17) is 23.5 Å². The van der Waals surface area contributed by atoms with Crippen LogP contribution in [0.4, 0.5) is 0 Å². The molecule has 0 spiro atoms. The molecule has 0 bridgehead atoms. The number of carbonyl (C=O) groups is 1. The Balaban J connectivity index is 2.51. The lowest BCUT2D eigenvalue weighted by Crippen LogP contribution is -2.60. The molecule has 1 aliphatic rings. The van der Waals surface area contributed by atoms with E-state index in [0.717, 1.165) is 64.2 Å². The first-order valence-electron chi connectivity index (χ1n) is 19.1. The quantitative estimate of drug-likeness (QED) is 0.0255. The molecule has 0 aliphatic carbocycles. The number of aliphatic hydroxyl groups is 3. The zero-order valence-electron chi connectivity index (χ0n) is 30.7. The van der Waals surface area contributed by atoms with E-state index in [0.29, 0.717) is 13.0 Å². The largest absolute Gasteiger partial charge is 0.457 e. The maximum absolute atomic E-state index is 12.7. The van der Waals surface area contributed by atoms with Crippen LogP contribution in [0.25, 0.3) is 0 Å². The van der Waals surface area contributed by atoms with Crippen molar-refractivity contribution < 1.29 is 56.2 Å². The lowest BCUT2D eigenvalue weighted by atomic mass is 9.99. The Bertz CT molecular complexity index is 989. The molecule has 0 aromatic carbocycles. The van der Waals surface area contributed by atoms with Crippen LogP contribution in [-0.2, 0) is 38.3 Å². The second-order valence-electron chi connectivity index (χ2n) is 13.2. The number of carbonyl (C=O) groups excluding carboxylic acids is 1. The van der Waals surface area contributed by atoms with Crippen LogP contribution in [0.3, 0.4) is 0 Å². The predicted octanol–water partition coefficient (Wildman–Crippen LogP) is 6.51. The Labute approximate surface area is 301 Å². The molecule has 13 heteroatoms. The van der Waals surface area contributed by atoms with E-state index in [9.17, 15) is 28.5 Å². The lowest BCUT2D eigenvalue weighted by molar-refractivity contribution is -0.301. The molecule has 0 amide bonds. The van der Waals surface area contributed by atoms with E-state index >= 15 is 0 Å². The summed E-state index contributed by atoms with van der Waals surface area (Å²) in [5, 5.41) is 30.5. The van der Waals surface area contributed by atoms with Crippen molar-refractivity contribution in [3.8, 4) is 0 Å². The molecule has 1 rings (SSSR count). The molecular formula is C37H68O12S. The zero-order chi connectivity index (χ0) is 36.9. The molecule has 294 valence electrons. The maximum atomic E-state index is 12.7. The lowest BCUT2D eigenvalue weighted by Gasteiger charge is -2.41. The minimum atomic E-state index is -5.05. The summed E-state index contributed by atoms with van der Waals surface area (Å²) in [6, 6.07) is 0. The van der Waals surface area contributed by atoms with Crippen LogP contribution in [0.2, 0.25) is 0 Å². The average Bonchev–Trinajstić information content (AvgIpc) is 3.08. The number of hydrogen-bond donors (Lipinski definition) is 4. The van der Waals surface area contributed by atoms with E-state index in [1.165, 1.54) is 51.4 Å². The molecule has 50 heavy (non-hydrogen) atoms. The molecule has 1 aliphatic heterocycles. The minimum Gasteiger partial charge on any atom is -0.457 e. The van der Waals surface area contributed by atoms with Gasteiger partial charge >= 0.3 is 16.4 Å². The summed E-state index contributed by atoms with van der Waals surface area (Å²) in [7, 11) is -5.05. The monoisotopic (exact) mass is 736 g/mol. The molecule has 0 aromatic heterocycles. The van der Waals surface area contributed by atoms with Crippen molar-refractivity contribution in [2.45, 2.75) is 179 Å². The van der Waals surface area contributed by atoms with E-state index < -0.39 is 59.8 Å². The topological polar surface area (TPSA) is 178 Å². The van der Waals surface area contributed by atoms with Gasteiger partial charge in [0.05, 0.1) is 19.8 Å². The van der Waals surface area contributed by atoms with Crippen LogP contribution in [0, 0.1) is 0 Å². The fourth-order valence-corrected chi connectivity index (χ4v) is 6.16. The summed E-state index contributed by atoms with van der Waals surface area (Å²) >= 11 is 0. The van der Waals surface area contributed by atoms with Crippen molar-refractivity contribution in [3.05, 3.63) is 24.3 Å². The summed E-state index contributed by atoms with van der Waals surface area (Å²) in [6.45, 7) is 3.85. The SMILES string of the molecule is CCC/C=C\C/C=C\CCCCCCCCOCC(COC1OC(CO)C(O)C(OS(=O)(=O)O)C1O)OC(=O)CCCCCCCCCCC. The van der Waals surface area contributed by atoms with Crippen molar-refractivity contribution in [2.75, 3.05) is 26.4 Å². The highest BCUT2D eigenvalue weighted by Crippen LogP contribution is 2.26. The molecule has 6 unspecified atom stereocenters. The number of hydrogen-bond acceptors (Lipinski definition) is 11. The van der Waals surface area contributed by atoms with Gasteiger partial charge in [0.25, 0.3) is 0 Å². The first-order chi connectivity index (χ1) is 24.1.